The van der Waals surface area contributed by atoms with Crippen molar-refractivity contribution in [3.05, 3.63) is 92.1 Å². The minimum atomic E-state index is -0.688. The smallest absolute Gasteiger partial charge is 0.335 e. The predicted molar refractivity (Wildman–Crippen MR) is 213 cm³/mol. The molecule has 56 heavy (non-hydrogen) atoms. The van der Waals surface area contributed by atoms with Gasteiger partial charge in [0.2, 0.25) is 0 Å². The molecule has 0 bridgehead atoms. The van der Waals surface area contributed by atoms with E-state index in [4.69, 9.17) is 8.83 Å². The van der Waals surface area contributed by atoms with Gasteiger partial charge in [-0.1, -0.05) is 44.9 Å². The molecule has 4 unspecified atom stereocenters. The molecule has 0 saturated heterocycles. The van der Waals surface area contributed by atoms with E-state index in [1.54, 1.807) is 12.5 Å². The van der Waals surface area contributed by atoms with Crippen molar-refractivity contribution >= 4 is 5.78 Å². The van der Waals surface area contributed by atoms with Crippen LogP contribution >= 0.6 is 0 Å². The average Bonchev–Trinajstić information content (AvgIpc) is 3.62. The third kappa shape index (κ3) is 5.43. The Morgan fingerprint density at radius 1 is 0.554 bits per heavy atom. The largest absolute Gasteiger partial charge is 0.431 e. The first-order valence-electron chi connectivity index (χ1n) is 21.8. The SMILES string of the molecule is C[C@]12CCC(=O)C=C1CCC1C2CC[C@]2(C)[C@@H](c3ccc(=O)oc3)CC[C@]12O.C[C@]12CC[C@H](O)C=C1CCC1C2CC[C@]2(C)[C@@H](c3ccc(=O)oc3)CC[C@]12O. The summed E-state index contributed by atoms with van der Waals surface area (Å²) in [5.74, 6) is 2.27. The summed E-state index contributed by atoms with van der Waals surface area (Å²) in [6, 6.07) is 6.79. The molecule has 0 aliphatic heterocycles. The fourth-order valence-corrected chi connectivity index (χ4v) is 15.4. The number of ketones is 1. The topological polar surface area (TPSA) is 138 Å². The molecule has 8 heteroatoms. The van der Waals surface area contributed by atoms with Crippen molar-refractivity contribution in [2.24, 2.45) is 45.3 Å². The standard InChI is InChI=1S/C24H32O4.C24H30O4/c2*1-22-10-7-17(25)13-16(22)4-5-20-19(22)8-11-23(2)18(9-12-24(20,23)27)15-3-6-21(26)28-14-15/h3,6,13-14,17-20,25,27H,4-5,7-12H2,1-2H3;3,6,13-14,18-20,27H,4-5,7-12H2,1-2H3/t17-,18+,19?,20?,22-,23+,24-;18-,19?,20?,22+,23-,24+/m01/s1. The van der Waals surface area contributed by atoms with Gasteiger partial charge in [-0.05, 0) is 172 Å². The minimum absolute atomic E-state index is 0.0610. The van der Waals surface area contributed by atoms with E-state index in [1.165, 1.54) is 23.3 Å². The Kier molecular flexibility index (Phi) is 9.08. The Morgan fingerprint density at radius 2 is 1.05 bits per heavy atom. The second-order valence-electron chi connectivity index (χ2n) is 20.5. The van der Waals surface area contributed by atoms with E-state index < -0.39 is 11.2 Å². The van der Waals surface area contributed by atoms with Crippen LogP contribution in [0.2, 0.25) is 0 Å². The van der Waals surface area contributed by atoms with Crippen LogP contribution in [0.5, 0.6) is 0 Å². The van der Waals surface area contributed by atoms with Crippen molar-refractivity contribution in [1.82, 2.24) is 0 Å². The van der Waals surface area contributed by atoms with Gasteiger partial charge in [0.1, 0.15) is 0 Å². The fraction of sp³-hybridized carbons (Fsp3) is 0.688. The predicted octanol–water partition coefficient (Wildman–Crippen LogP) is 8.53. The van der Waals surface area contributed by atoms with Gasteiger partial charge in [0.15, 0.2) is 5.78 Å². The first kappa shape index (κ1) is 38.4. The van der Waals surface area contributed by atoms with Gasteiger partial charge in [0, 0.05) is 29.4 Å². The maximum Gasteiger partial charge on any atom is 0.335 e. The second kappa shape index (κ2) is 13.2. The highest BCUT2D eigenvalue weighted by Gasteiger charge is 2.68. The zero-order valence-corrected chi connectivity index (χ0v) is 33.9. The molecule has 3 N–H and O–H groups in total. The highest BCUT2D eigenvalue weighted by Crippen LogP contribution is 2.71. The van der Waals surface area contributed by atoms with Gasteiger partial charge in [-0.2, -0.15) is 0 Å². The molecule has 302 valence electrons. The summed E-state index contributed by atoms with van der Waals surface area (Å²) in [4.78, 5) is 34.8. The summed E-state index contributed by atoms with van der Waals surface area (Å²) >= 11 is 0. The van der Waals surface area contributed by atoms with Gasteiger partial charge in [-0.3, -0.25) is 4.79 Å². The summed E-state index contributed by atoms with van der Waals surface area (Å²) < 4.78 is 10.3. The highest BCUT2D eigenvalue weighted by atomic mass is 16.4. The highest BCUT2D eigenvalue weighted by molar-refractivity contribution is 5.91. The summed E-state index contributed by atoms with van der Waals surface area (Å²) in [5, 5.41) is 34.4. The Morgan fingerprint density at radius 3 is 1.55 bits per heavy atom. The van der Waals surface area contributed by atoms with Crippen LogP contribution in [0.25, 0.3) is 0 Å². The number of fused-ring (bicyclic) bond motifs is 10. The van der Waals surface area contributed by atoms with Gasteiger partial charge in [-0.15, -0.1) is 0 Å². The van der Waals surface area contributed by atoms with Crippen LogP contribution in [0.3, 0.4) is 0 Å². The molecule has 8 aliphatic rings. The molecule has 8 nitrogen and oxygen atoms in total. The lowest BCUT2D eigenvalue weighted by molar-refractivity contribution is -0.178. The summed E-state index contributed by atoms with van der Waals surface area (Å²) in [6.07, 6.45) is 22.0. The van der Waals surface area contributed by atoms with Crippen LogP contribution < -0.4 is 11.3 Å². The number of carbonyl (C=O) groups excluding carboxylic acids is 1. The minimum Gasteiger partial charge on any atom is -0.431 e. The van der Waals surface area contributed by atoms with E-state index in [0.29, 0.717) is 24.2 Å². The maximum atomic E-state index is 12.1. The molecular formula is C48H62O8. The van der Waals surface area contributed by atoms with Crippen molar-refractivity contribution in [3.8, 4) is 0 Å². The number of hydrogen-bond donors (Lipinski definition) is 3. The van der Waals surface area contributed by atoms with E-state index in [2.05, 4.69) is 33.8 Å². The fourth-order valence-electron chi connectivity index (χ4n) is 15.4. The Bertz CT molecular complexity index is 2040. The Hall–Kier alpha value is -3.07. The van der Waals surface area contributed by atoms with Crippen LogP contribution in [0.15, 0.2) is 78.5 Å². The van der Waals surface area contributed by atoms with Gasteiger partial charge in [0.25, 0.3) is 0 Å². The first-order valence-corrected chi connectivity index (χ1v) is 21.8. The molecule has 0 amide bonds. The molecular weight excluding hydrogens is 705 g/mol. The molecule has 8 aliphatic carbocycles. The molecule has 0 aromatic carbocycles. The lowest BCUT2D eigenvalue weighted by atomic mass is 9.45. The Balaban J connectivity index is 0.000000146. The van der Waals surface area contributed by atoms with Gasteiger partial charge >= 0.3 is 11.3 Å². The first-order chi connectivity index (χ1) is 26.6. The van der Waals surface area contributed by atoms with E-state index in [-0.39, 0.29) is 62.6 Å². The van der Waals surface area contributed by atoms with Crippen LogP contribution in [0.4, 0.5) is 0 Å². The number of carbonyl (C=O) groups is 1. The number of allylic oxidation sites excluding steroid dienone is 2. The molecule has 2 heterocycles. The van der Waals surface area contributed by atoms with Gasteiger partial charge in [0.05, 0.1) is 29.8 Å². The zero-order chi connectivity index (χ0) is 39.5. The van der Waals surface area contributed by atoms with Crippen molar-refractivity contribution in [3.63, 3.8) is 0 Å². The third-order valence-electron chi connectivity index (χ3n) is 18.7. The molecule has 2 aromatic rings. The molecule has 0 radical (unpaired) electrons. The number of aliphatic hydroxyl groups excluding tert-OH is 1. The average molecular weight is 767 g/mol. The monoisotopic (exact) mass is 766 g/mol. The molecule has 0 spiro atoms. The van der Waals surface area contributed by atoms with Crippen LogP contribution in [0, 0.1) is 45.3 Å². The van der Waals surface area contributed by atoms with Crippen molar-refractivity contribution in [1.29, 1.82) is 0 Å². The van der Waals surface area contributed by atoms with Crippen molar-refractivity contribution < 1.29 is 28.9 Å². The Labute approximate surface area is 330 Å². The van der Waals surface area contributed by atoms with Gasteiger partial charge in [-0.25, -0.2) is 9.59 Å². The van der Waals surface area contributed by atoms with E-state index in [1.807, 2.05) is 18.2 Å². The molecule has 6 fully saturated rings. The van der Waals surface area contributed by atoms with E-state index in [9.17, 15) is 29.7 Å². The summed E-state index contributed by atoms with van der Waals surface area (Å²) in [7, 11) is 0. The number of aliphatic hydroxyl groups is 3. The van der Waals surface area contributed by atoms with Crippen LogP contribution in [-0.2, 0) is 4.79 Å². The van der Waals surface area contributed by atoms with Gasteiger partial charge < -0.3 is 24.2 Å². The van der Waals surface area contributed by atoms with E-state index in [0.717, 1.165) is 107 Å². The maximum absolute atomic E-state index is 12.1. The molecule has 6 saturated carbocycles. The lowest BCUT2D eigenvalue weighted by Crippen LogP contribution is -2.60. The van der Waals surface area contributed by atoms with Crippen molar-refractivity contribution in [2.45, 2.75) is 160 Å². The second-order valence-corrected chi connectivity index (χ2v) is 20.5. The summed E-state index contributed by atoms with van der Waals surface area (Å²) in [5.41, 5.74) is 2.67. The summed E-state index contributed by atoms with van der Waals surface area (Å²) in [6.45, 7) is 9.24. The van der Waals surface area contributed by atoms with E-state index >= 15 is 0 Å². The number of hydrogen-bond acceptors (Lipinski definition) is 8. The normalized spacial score (nSPS) is 46.3. The molecule has 2 aromatic heterocycles. The molecule has 13 atom stereocenters. The quantitative estimate of drug-likeness (QED) is 0.259. The van der Waals surface area contributed by atoms with Crippen molar-refractivity contribution in [2.75, 3.05) is 0 Å². The lowest BCUT2D eigenvalue weighted by Gasteiger charge is -2.61. The van der Waals surface area contributed by atoms with Crippen LogP contribution in [0.1, 0.15) is 153 Å². The molecule has 10 rings (SSSR count). The number of rotatable bonds is 2. The van der Waals surface area contributed by atoms with Crippen LogP contribution in [-0.4, -0.2) is 38.4 Å². The third-order valence-corrected chi connectivity index (χ3v) is 18.7. The zero-order valence-electron chi connectivity index (χ0n) is 33.9.